The zero-order chi connectivity index (χ0) is 17.5. The summed E-state index contributed by atoms with van der Waals surface area (Å²) >= 11 is 0. The lowest BCUT2D eigenvalue weighted by Crippen LogP contribution is -1.99. The van der Waals surface area contributed by atoms with Crippen LogP contribution in [0.3, 0.4) is 0 Å². The normalized spacial score (nSPS) is 13.5. The summed E-state index contributed by atoms with van der Waals surface area (Å²) in [4.78, 5) is 4.57. The van der Waals surface area contributed by atoms with Crippen molar-refractivity contribution < 1.29 is 5.11 Å². The molecule has 1 atom stereocenters. The topological polar surface area (TPSA) is 33.1 Å². The Bertz CT molecular complexity index is 516. The van der Waals surface area contributed by atoms with Gasteiger partial charge in [0.05, 0.1) is 17.5 Å². The SMILES string of the molecule is CCCCC=Cc1cccc(C=CC(O)CC=CCCCCC)n1. The highest BCUT2D eigenvalue weighted by atomic mass is 16.3. The molecule has 0 amide bonds. The number of unbranched alkanes of at least 4 members (excludes halogenated alkanes) is 5. The number of hydrogen-bond donors (Lipinski definition) is 1. The Kier molecular flexibility index (Phi) is 11.7. The number of rotatable bonds is 12. The molecule has 2 heteroatoms. The Morgan fingerprint density at radius 1 is 0.917 bits per heavy atom. The fourth-order valence-corrected chi connectivity index (χ4v) is 2.33. The highest BCUT2D eigenvalue weighted by molar-refractivity contribution is 5.51. The monoisotopic (exact) mass is 327 g/mol. The molecule has 1 rings (SSSR count). The van der Waals surface area contributed by atoms with Crippen LogP contribution in [0.2, 0.25) is 0 Å². The summed E-state index contributed by atoms with van der Waals surface area (Å²) < 4.78 is 0. The first-order valence-electron chi connectivity index (χ1n) is 9.41. The summed E-state index contributed by atoms with van der Waals surface area (Å²) in [6, 6.07) is 5.98. The van der Waals surface area contributed by atoms with Crippen LogP contribution in [0.4, 0.5) is 0 Å². The van der Waals surface area contributed by atoms with E-state index in [0.29, 0.717) is 6.42 Å². The van der Waals surface area contributed by atoms with Gasteiger partial charge in [0.25, 0.3) is 0 Å². The number of aliphatic hydroxyl groups excluding tert-OH is 1. The molecule has 1 aromatic heterocycles. The highest BCUT2D eigenvalue weighted by Crippen LogP contribution is 2.07. The van der Waals surface area contributed by atoms with E-state index in [1.165, 1.54) is 32.1 Å². The van der Waals surface area contributed by atoms with Crippen LogP contribution in [-0.4, -0.2) is 16.2 Å². The average Bonchev–Trinajstić information content (AvgIpc) is 2.60. The molecule has 0 saturated carbocycles. The van der Waals surface area contributed by atoms with Crippen LogP contribution in [-0.2, 0) is 0 Å². The van der Waals surface area contributed by atoms with E-state index >= 15 is 0 Å². The van der Waals surface area contributed by atoms with Gasteiger partial charge in [-0.3, -0.25) is 0 Å². The molecular formula is C22H33NO. The Morgan fingerprint density at radius 2 is 1.62 bits per heavy atom. The molecular weight excluding hydrogens is 294 g/mol. The van der Waals surface area contributed by atoms with Crippen LogP contribution in [0.1, 0.15) is 76.6 Å². The lowest BCUT2D eigenvalue weighted by molar-refractivity contribution is 0.227. The van der Waals surface area contributed by atoms with Crippen molar-refractivity contribution >= 4 is 12.2 Å². The number of aromatic nitrogens is 1. The minimum Gasteiger partial charge on any atom is -0.389 e. The maximum absolute atomic E-state index is 10.0. The third kappa shape index (κ3) is 10.2. The molecule has 1 aromatic rings. The zero-order valence-electron chi connectivity index (χ0n) is 15.3. The van der Waals surface area contributed by atoms with Gasteiger partial charge in [0.15, 0.2) is 0 Å². The first kappa shape index (κ1) is 20.4. The molecule has 1 heterocycles. The highest BCUT2D eigenvalue weighted by Gasteiger charge is 1.96. The third-order valence-electron chi connectivity index (χ3n) is 3.81. The minimum absolute atomic E-state index is 0.446. The summed E-state index contributed by atoms with van der Waals surface area (Å²) in [5, 5.41) is 10.0. The molecule has 1 unspecified atom stereocenters. The molecule has 1 N–H and O–H groups in total. The van der Waals surface area contributed by atoms with Crippen molar-refractivity contribution in [2.24, 2.45) is 0 Å². The van der Waals surface area contributed by atoms with E-state index in [4.69, 9.17) is 0 Å². The van der Waals surface area contributed by atoms with E-state index in [2.05, 4.69) is 43.1 Å². The van der Waals surface area contributed by atoms with Gasteiger partial charge in [0.1, 0.15) is 0 Å². The molecule has 0 spiro atoms. The molecule has 0 aliphatic carbocycles. The Labute approximate surface area is 148 Å². The van der Waals surface area contributed by atoms with Crippen molar-refractivity contribution in [3.05, 3.63) is 53.9 Å². The quantitative estimate of drug-likeness (QED) is 0.367. The summed E-state index contributed by atoms with van der Waals surface area (Å²) in [5.74, 6) is 0. The maximum atomic E-state index is 10.0. The second-order valence-corrected chi connectivity index (χ2v) is 6.16. The van der Waals surface area contributed by atoms with Crippen molar-refractivity contribution in [1.82, 2.24) is 4.98 Å². The van der Waals surface area contributed by atoms with Crippen molar-refractivity contribution in [3.63, 3.8) is 0 Å². The van der Waals surface area contributed by atoms with E-state index in [1.807, 2.05) is 30.4 Å². The molecule has 0 bridgehead atoms. The fraction of sp³-hybridized carbons (Fsp3) is 0.500. The van der Waals surface area contributed by atoms with E-state index in [0.717, 1.165) is 24.2 Å². The lowest BCUT2D eigenvalue weighted by Gasteiger charge is -2.01. The molecule has 0 aromatic carbocycles. The van der Waals surface area contributed by atoms with Crippen LogP contribution in [0.25, 0.3) is 12.2 Å². The van der Waals surface area contributed by atoms with Gasteiger partial charge in [0.2, 0.25) is 0 Å². The minimum atomic E-state index is -0.446. The molecule has 0 saturated heterocycles. The smallest absolute Gasteiger partial charge is 0.0759 e. The fourth-order valence-electron chi connectivity index (χ4n) is 2.33. The molecule has 132 valence electrons. The summed E-state index contributed by atoms with van der Waals surface area (Å²) in [6.07, 6.45) is 20.8. The van der Waals surface area contributed by atoms with Gasteiger partial charge >= 0.3 is 0 Å². The van der Waals surface area contributed by atoms with E-state index < -0.39 is 6.10 Å². The summed E-state index contributed by atoms with van der Waals surface area (Å²) in [6.45, 7) is 4.41. The molecule has 0 aliphatic rings. The number of nitrogens with zero attached hydrogens (tertiary/aromatic N) is 1. The predicted molar refractivity (Wildman–Crippen MR) is 106 cm³/mol. The van der Waals surface area contributed by atoms with Crippen LogP contribution >= 0.6 is 0 Å². The molecule has 0 radical (unpaired) electrons. The molecule has 0 fully saturated rings. The van der Waals surface area contributed by atoms with Crippen molar-refractivity contribution in [2.45, 2.75) is 71.3 Å². The second-order valence-electron chi connectivity index (χ2n) is 6.16. The van der Waals surface area contributed by atoms with Crippen LogP contribution in [0, 0.1) is 0 Å². The maximum Gasteiger partial charge on any atom is 0.0759 e. The van der Waals surface area contributed by atoms with E-state index in [1.54, 1.807) is 0 Å². The van der Waals surface area contributed by atoms with Crippen molar-refractivity contribution in [1.29, 1.82) is 0 Å². The average molecular weight is 328 g/mol. The van der Waals surface area contributed by atoms with Gasteiger partial charge in [-0.05, 0) is 50.0 Å². The molecule has 0 aliphatic heterocycles. The van der Waals surface area contributed by atoms with Gasteiger partial charge in [-0.2, -0.15) is 0 Å². The summed E-state index contributed by atoms with van der Waals surface area (Å²) in [5.41, 5.74) is 1.86. The number of pyridine rings is 1. The Hall–Kier alpha value is -1.67. The lowest BCUT2D eigenvalue weighted by atomic mass is 10.1. The Balaban J connectivity index is 2.41. The van der Waals surface area contributed by atoms with Crippen molar-refractivity contribution in [3.8, 4) is 0 Å². The first-order chi connectivity index (χ1) is 11.8. The molecule has 2 nitrogen and oxygen atoms in total. The van der Waals surface area contributed by atoms with Crippen LogP contribution < -0.4 is 0 Å². The van der Waals surface area contributed by atoms with E-state index in [9.17, 15) is 5.11 Å². The van der Waals surface area contributed by atoms with Crippen molar-refractivity contribution in [2.75, 3.05) is 0 Å². The summed E-state index contributed by atoms with van der Waals surface area (Å²) in [7, 11) is 0. The first-order valence-corrected chi connectivity index (χ1v) is 9.41. The second kappa shape index (κ2) is 13.7. The van der Waals surface area contributed by atoms with Gasteiger partial charge in [-0.25, -0.2) is 4.98 Å². The van der Waals surface area contributed by atoms with Crippen LogP contribution in [0.5, 0.6) is 0 Å². The van der Waals surface area contributed by atoms with Gasteiger partial charge < -0.3 is 5.11 Å². The van der Waals surface area contributed by atoms with Gasteiger partial charge in [0, 0.05) is 0 Å². The third-order valence-corrected chi connectivity index (χ3v) is 3.81. The Morgan fingerprint density at radius 3 is 2.38 bits per heavy atom. The predicted octanol–water partition coefficient (Wildman–Crippen LogP) is 6.19. The number of allylic oxidation sites excluding steroid dienone is 2. The van der Waals surface area contributed by atoms with E-state index in [-0.39, 0.29) is 0 Å². The van der Waals surface area contributed by atoms with Gasteiger partial charge in [-0.15, -0.1) is 0 Å². The standard InChI is InChI=1S/C22H33NO/c1-3-5-7-9-10-12-17-22(24)19-18-21-16-13-15-20(23-21)14-11-8-6-4-2/h10-16,18-19,22,24H,3-9,17H2,1-2H3. The number of hydrogen-bond acceptors (Lipinski definition) is 2. The largest absolute Gasteiger partial charge is 0.389 e. The number of aliphatic hydroxyl groups is 1. The van der Waals surface area contributed by atoms with Gasteiger partial charge in [-0.1, -0.05) is 69.9 Å². The van der Waals surface area contributed by atoms with Crippen LogP contribution in [0.15, 0.2) is 42.5 Å². The molecule has 24 heavy (non-hydrogen) atoms. The zero-order valence-corrected chi connectivity index (χ0v) is 15.3.